The third-order valence-electron chi connectivity index (χ3n) is 6.23. The van der Waals surface area contributed by atoms with Crippen LogP contribution < -0.4 is 26.6 Å². The van der Waals surface area contributed by atoms with E-state index >= 15 is 0 Å². The second-order valence-corrected chi connectivity index (χ2v) is 9.03. The van der Waals surface area contributed by atoms with Crippen LogP contribution in [0.4, 0.5) is 11.4 Å². The molecular weight excluding hydrogens is 524 g/mol. The number of carbonyl (C=O) groups is 2. The molecule has 6 rings (SSSR count). The summed E-state index contributed by atoms with van der Waals surface area (Å²) in [6, 6.07) is 30.1. The van der Waals surface area contributed by atoms with Crippen LogP contribution in [0.3, 0.4) is 0 Å². The number of rotatable bonds is 6. The maximum Gasteiger partial charge on any atom is 0.349 e. The fraction of sp³-hybridized carbons (Fsp3) is 0. The van der Waals surface area contributed by atoms with E-state index in [9.17, 15) is 19.2 Å². The highest BCUT2D eigenvalue weighted by atomic mass is 16.5. The summed E-state index contributed by atoms with van der Waals surface area (Å²) in [7, 11) is 0. The van der Waals surface area contributed by atoms with E-state index in [1.807, 2.05) is 0 Å². The average molecular weight is 545 g/mol. The molecule has 0 bridgehead atoms. The lowest BCUT2D eigenvalue weighted by Gasteiger charge is -2.09. The molecule has 2 amide bonds. The second-order valence-electron chi connectivity index (χ2n) is 9.03. The van der Waals surface area contributed by atoms with Gasteiger partial charge >= 0.3 is 11.3 Å². The van der Waals surface area contributed by atoms with Gasteiger partial charge in [0.2, 0.25) is 0 Å². The molecule has 0 aliphatic rings. The third-order valence-corrected chi connectivity index (χ3v) is 6.23. The molecule has 9 heteroatoms. The summed E-state index contributed by atoms with van der Waals surface area (Å²) in [5.41, 5.74) is 0.0996. The van der Waals surface area contributed by atoms with Gasteiger partial charge in [0.15, 0.2) is 0 Å². The Morgan fingerprint density at radius 3 is 1.34 bits per heavy atom. The largest absolute Gasteiger partial charge is 0.457 e. The van der Waals surface area contributed by atoms with E-state index in [0.717, 1.165) is 0 Å². The van der Waals surface area contributed by atoms with E-state index in [1.165, 1.54) is 12.1 Å². The quantitative estimate of drug-likeness (QED) is 0.239. The van der Waals surface area contributed by atoms with Gasteiger partial charge in [-0.2, -0.15) is 0 Å². The van der Waals surface area contributed by atoms with Crippen molar-refractivity contribution >= 4 is 45.1 Å². The average Bonchev–Trinajstić information content (AvgIpc) is 2.98. The molecule has 200 valence electrons. The fourth-order valence-corrected chi connectivity index (χ4v) is 4.19. The van der Waals surface area contributed by atoms with E-state index in [-0.39, 0.29) is 11.1 Å². The molecule has 2 N–H and O–H groups in total. The number of anilines is 2. The molecule has 6 aromatic rings. The molecule has 4 aromatic carbocycles. The van der Waals surface area contributed by atoms with Gasteiger partial charge in [0.1, 0.15) is 33.8 Å². The van der Waals surface area contributed by atoms with Crippen LogP contribution in [0.25, 0.3) is 21.9 Å². The van der Waals surface area contributed by atoms with Crippen molar-refractivity contribution in [1.29, 1.82) is 0 Å². The first-order valence-corrected chi connectivity index (χ1v) is 12.5. The Labute approximate surface area is 231 Å². The van der Waals surface area contributed by atoms with Crippen LogP contribution in [-0.2, 0) is 0 Å². The van der Waals surface area contributed by atoms with Crippen LogP contribution in [0.2, 0.25) is 0 Å². The van der Waals surface area contributed by atoms with Crippen molar-refractivity contribution in [3.63, 3.8) is 0 Å². The SMILES string of the molecule is O=C(Nc1ccc(Oc2ccc(NC(=O)c3cc4ccccc4oc3=O)cc2)cc1)c1cc2ccccc2oc1=O. The maximum atomic E-state index is 12.7. The van der Waals surface area contributed by atoms with Crippen LogP contribution in [0.1, 0.15) is 20.7 Å². The van der Waals surface area contributed by atoms with Gasteiger partial charge in [-0.05, 0) is 72.8 Å². The zero-order valence-electron chi connectivity index (χ0n) is 21.3. The summed E-state index contributed by atoms with van der Waals surface area (Å²) in [6.45, 7) is 0. The van der Waals surface area contributed by atoms with Gasteiger partial charge in [0.05, 0.1) is 0 Å². The highest BCUT2D eigenvalue weighted by Gasteiger charge is 2.15. The Kier molecular flexibility index (Phi) is 6.58. The lowest BCUT2D eigenvalue weighted by atomic mass is 10.1. The van der Waals surface area contributed by atoms with E-state index < -0.39 is 23.1 Å². The van der Waals surface area contributed by atoms with Gasteiger partial charge in [-0.3, -0.25) is 9.59 Å². The minimum Gasteiger partial charge on any atom is -0.457 e. The van der Waals surface area contributed by atoms with Gasteiger partial charge in [-0.25, -0.2) is 9.59 Å². The molecule has 0 aliphatic heterocycles. The Morgan fingerprint density at radius 1 is 0.537 bits per heavy atom. The van der Waals surface area contributed by atoms with Gasteiger partial charge < -0.3 is 24.2 Å². The number of ether oxygens (including phenoxy) is 1. The first-order chi connectivity index (χ1) is 19.9. The molecule has 2 heterocycles. The summed E-state index contributed by atoms with van der Waals surface area (Å²) in [4.78, 5) is 49.9. The monoisotopic (exact) mass is 544 g/mol. The minimum atomic E-state index is -0.721. The summed E-state index contributed by atoms with van der Waals surface area (Å²) < 4.78 is 16.3. The molecule has 0 fully saturated rings. The van der Waals surface area contributed by atoms with Crippen molar-refractivity contribution < 1.29 is 23.2 Å². The van der Waals surface area contributed by atoms with Crippen LogP contribution in [-0.4, -0.2) is 11.8 Å². The van der Waals surface area contributed by atoms with E-state index in [1.54, 1.807) is 97.1 Å². The highest BCUT2D eigenvalue weighted by molar-refractivity contribution is 6.06. The molecule has 0 aliphatic carbocycles. The van der Waals surface area contributed by atoms with Crippen LogP contribution in [0.15, 0.2) is 128 Å². The number of para-hydroxylation sites is 2. The van der Waals surface area contributed by atoms with Gasteiger partial charge in [0.25, 0.3) is 11.8 Å². The number of hydrogen-bond donors (Lipinski definition) is 2. The fourth-order valence-electron chi connectivity index (χ4n) is 4.19. The van der Waals surface area contributed by atoms with E-state index in [4.69, 9.17) is 13.6 Å². The maximum absolute atomic E-state index is 12.7. The van der Waals surface area contributed by atoms with Crippen molar-refractivity contribution in [3.8, 4) is 11.5 Å². The van der Waals surface area contributed by atoms with Gasteiger partial charge in [0, 0.05) is 22.1 Å². The number of carbonyl (C=O) groups excluding carboxylic acids is 2. The molecule has 0 atom stereocenters. The third kappa shape index (κ3) is 5.45. The van der Waals surface area contributed by atoms with E-state index in [0.29, 0.717) is 44.8 Å². The van der Waals surface area contributed by atoms with Crippen LogP contribution >= 0.6 is 0 Å². The first kappa shape index (κ1) is 25.3. The predicted octanol–water partition coefficient (Wildman–Crippen LogP) is 6.20. The topological polar surface area (TPSA) is 128 Å². The standard InChI is InChI=1S/C32H20N2O7/c35-29(25-17-19-5-1-3-7-27(19)40-31(25)37)33-21-9-13-23(14-10-21)39-24-15-11-22(12-16-24)34-30(36)26-18-20-6-2-4-8-28(20)41-32(26)38/h1-18H,(H,33,35)(H,34,36). The molecule has 9 nitrogen and oxygen atoms in total. The molecule has 0 spiro atoms. The summed E-state index contributed by atoms with van der Waals surface area (Å²) in [6.07, 6.45) is 0. The number of benzene rings is 4. The zero-order valence-corrected chi connectivity index (χ0v) is 21.3. The van der Waals surface area contributed by atoms with Crippen molar-refractivity contribution in [3.05, 3.63) is 141 Å². The molecular formula is C32H20N2O7. The first-order valence-electron chi connectivity index (χ1n) is 12.5. The van der Waals surface area contributed by atoms with Crippen molar-refractivity contribution in [1.82, 2.24) is 0 Å². The molecule has 0 saturated heterocycles. The number of hydrogen-bond acceptors (Lipinski definition) is 7. The molecule has 0 unspecified atom stereocenters. The van der Waals surface area contributed by atoms with Crippen molar-refractivity contribution in [2.24, 2.45) is 0 Å². The predicted molar refractivity (Wildman–Crippen MR) is 154 cm³/mol. The Morgan fingerprint density at radius 2 is 0.927 bits per heavy atom. The normalized spacial score (nSPS) is 10.8. The lowest BCUT2D eigenvalue weighted by Crippen LogP contribution is -2.20. The lowest BCUT2D eigenvalue weighted by molar-refractivity contribution is 0.101. The number of nitrogens with one attached hydrogen (secondary N) is 2. The van der Waals surface area contributed by atoms with Crippen molar-refractivity contribution in [2.45, 2.75) is 0 Å². The summed E-state index contributed by atoms with van der Waals surface area (Å²) >= 11 is 0. The Hall–Kier alpha value is -5.96. The molecule has 41 heavy (non-hydrogen) atoms. The summed E-state index contributed by atoms with van der Waals surface area (Å²) in [5, 5.41) is 6.66. The Bertz CT molecular complexity index is 1890. The van der Waals surface area contributed by atoms with Gasteiger partial charge in [-0.1, -0.05) is 36.4 Å². The van der Waals surface area contributed by atoms with Crippen LogP contribution in [0.5, 0.6) is 11.5 Å². The second kappa shape index (κ2) is 10.7. The smallest absolute Gasteiger partial charge is 0.349 e. The molecule has 0 saturated carbocycles. The minimum absolute atomic E-state index is 0.0994. The Balaban J connectivity index is 1.09. The van der Waals surface area contributed by atoms with Crippen molar-refractivity contribution in [2.75, 3.05) is 10.6 Å². The summed E-state index contributed by atoms with van der Waals surface area (Å²) in [5.74, 6) is -0.174. The van der Waals surface area contributed by atoms with Gasteiger partial charge in [-0.15, -0.1) is 0 Å². The van der Waals surface area contributed by atoms with Crippen LogP contribution in [0, 0.1) is 0 Å². The molecule has 0 radical (unpaired) electrons. The number of amides is 2. The molecule has 2 aromatic heterocycles. The number of fused-ring (bicyclic) bond motifs is 2. The highest BCUT2D eigenvalue weighted by Crippen LogP contribution is 2.25. The zero-order chi connectivity index (χ0) is 28.3. The van der Waals surface area contributed by atoms with E-state index in [2.05, 4.69) is 10.6 Å².